The molecule has 0 radical (unpaired) electrons. The lowest BCUT2D eigenvalue weighted by atomic mass is 9.83. The van der Waals surface area contributed by atoms with Crippen LogP contribution in [0, 0.1) is 21.7 Å². The molecule has 1 aliphatic rings. The first-order valence-corrected chi connectivity index (χ1v) is 6.47. The van der Waals surface area contributed by atoms with Crippen LogP contribution in [-0.2, 0) is 0 Å². The second-order valence-electron chi connectivity index (χ2n) is 5.18. The van der Waals surface area contributed by atoms with Crippen molar-refractivity contribution in [1.29, 1.82) is 0 Å². The van der Waals surface area contributed by atoms with Crippen LogP contribution in [0.25, 0.3) is 0 Å². The minimum atomic E-state index is -1.35. The summed E-state index contributed by atoms with van der Waals surface area (Å²) >= 11 is 0. The van der Waals surface area contributed by atoms with E-state index in [1.807, 2.05) is 0 Å². The highest BCUT2D eigenvalue weighted by Gasteiger charge is 2.31. The first-order valence-electron chi connectivity index (χ1n) is 6.47. The van der Waals surface area contributed by atoms with E-state index in [1.54, 1.807) is 0 Å². The lowest BCUT2D eigenvalue weighted by Gasteiger charge is -2.32. The monoisotopic (exact) mass is 286 g/mol. The van der Waals surface area contributed by atoms with Crippen molar-refractivity contribution in [2.75, 3.05) is 6.61 Å². The largest absolute Gasteiger partial charge is 0.483 e. The molecule has 0 bridgehead atoms. The molecule has 20 heavy (non-hydrogen) atoms. The van der Waals surface area contributed by atoms with E-state index < -0.39 is 33.5 Å². The Morgan fingerprint density at radius 1 is 1.30 bits per heavy atom. The van der Waals surface area contributed by atoms with Gasteiger partial charge in [-0.2, -0.15) is 4.39 Å². The first-order chi connectivity index (χ1) is 9.43. The van der Waals surface area contributed by atoms with Gasteiger partial charge >= 0.3 is 5.69 Å². The molecule has 0 aromatic heterocycles. The minimum absolute atomic E-state index is 0.0613. The quantitative estimate of drug-likeness (QED) is 0.682. The molecular formula is C13H16F2N2O3. The van der Waals surface area contributed by atoms with E-state index in [-0.39, 0.29) is 6.61 Å². The molecule has 1 aliphatic carbocycles. The summed E-state index contributed by atoms with van der Waals surface area (Å²) in [5.74, 6) is -3.20. The van der Waals surface area contributed by atoms with Gasteiger partial charge in [0.25, 0.3) is 0 Å². The highest BCUT2D eigenvalue weighted by molar-refractivity contribution is 5.47. The number of hydrogen-bond acceptors (Lipinski definition) is 4. The number of benzene rings is 1. The van der Waals surface area contributed by atoms with Crippen LogP contribution >= 0.6 is 0 Å². The third-order valence-electron chi connectivity index (χ3n) is 3.58. The molecule has 1 fully saturated rings. The van der Waals surface area contributed by atoms with Crippen LogP contribution < -0.4 is 10.5 Å². The highest BCUT2D eigenvalue weighted by Crippen LogP contribution is 2.33. The molecule has 5 nitrogen and oxygen atoms in total. The number of nitro groups is 1. The fraction of sp³-hybridized carbons (Fsp3) is 0.538. The van der Waals surface area contributed by atoms with E-state index >= 15 is 0 Å². The van der Waals surface area contributed by atoms with E-state index in [2.05, 4.69) is 0 Å². The van der Waals surface area contributed by atoms with Crippen LogP contribution in [0.3, 0.4) is 0 Å². The van der Waals surface area contributed by atoms with Gasteiger partial charge in [-0.3, -0.25) is 10.1 Å². The number of ether oxygens (including phenoxy) is 1. The van der Waals surface area contributed by atoms with Gasteiger partial charge in [-0.25, -0.2) is 4.39 Å². The average Bonchev–Trinajstić information content (AvgIpc) is 2.41. The van der Waals surface area contributed by atoms with E-state index in [0.717, 1.165) is 25.3 Å². The van der Waals surface area contributed by atoms with Crippen molar-refractivity contribution in [1.82, 2.24) is 0 Å². The molecular weight excluding hydrogens is 270 g/mol. The van der Waals surface area contributed by atoms with Crippen molar-refractivity contribution in [2.24, 2.45) is 5.73 Å². The Morgan fingerprint density at radius 3 is 2.55 bits per heavy atom. The molecule has 0 heterocycles. The number of nitrogens with two attached hydrogens (primary N) is 1. The molecule has 0 aliphatic heterocycles. The van der Waals surface area contributed by atoms with Gasteiger partial charge < -0.3 is 10.5 Å². The number of nitrogens with zero attached hydrogens (tertiary/aromatic N) is 1. The van der Waals surface area contributed by atoms with Gasteiger partial charge in [0.1, 0.15) is 6.61 Å². The molecule has 110 valence electrons. The molecule has 0 unspecified atom stereocenters. The molecule has 0 saturated heterocycles. The van der Waals surface area contributed by atoms with E-state index in [1.165, 1.54) is 0 Å². The number of hydrogen-bond donors (Lipinski definition) is 1. The van der Waals surface area contributed by atoms with Crippen LogP contribution in [-0.4, -0.2) is 17.1 Å². The second-order valence-corrected chi connectivity index (χ2v) is 5.18. The molecule has 1 aromatic carbocycles. The Balaban J connectivity index is 2.20. The summed E-state index contributed by atoms with van der Waals surface area (Å²) in [5.41, 5.74) is 4.88. The normalized spacial score (nSPS) is 17.8. The summed E-state index contributed by atoms with van der Waals surface area (Å²) in [5, 5.41) is 10.8. The SMILES string of the molecule is NC1(COc2c([N+](=O)[O-])ccc(F)c2F)CCCCC1. The topological polar surface area (TPSA) is 78.4 Å². The lowest BCUT2D eigenvalue weighted by molar-refractivity contribution is -0.386. The zero-order valence-corrected chi connectivity index (χ0v) is 10.9. The second kappa shape index (κ2) is 5.70. The molecule has 0 amide bonds. The van der Waals surface area contributed by atoms with Crippen LogP contribution in [0.15, 0.2) is 12.1 Å². The predicted molar refractivity (Wildman–Crippen MR) is 68.5 cm³/mol. The maximum atomic E-state index is 13.7. The van der Waals surface area contributed by atoms with E-state index in [4.69, 9.17) is 10.5 Å². The first kappa shape index (κ1) is 14.6. The summed E-state index contributed by atoms with van der Waals surface area (Å²) < 4.78 is 32.0. The van der Waals surface area contributed by atoms with Crippen LogP contribution in [0.1, 0.15) is 32.1 Å². The fourth-order valence-corrected chi connectivity index (χ4v) is 2.42. The average molecular weight is 286 g/mol. The molecule has 2 N–H and O–H groups in total. The van der Waals surface area contributed by atoms with E-state index in [9.17, 15) is 18.9 Å². The maximum Gasteiger partial charge on any atom is 0.314 e. The molecule has 0 atom stereocenters. The van der Waals surface area contributed by atoms with Gasteiger partial charge in [0.05, 0.1) is 10.5 Å². The number of halogens is 2. The standard InChI is InChI=1S/C13H16F2N2O3/c14-9-4-5-10(17(18)19)12(11(9)15)20-8-13(16)6-2-1-3-7-13/h4-5H,1-3,6-8,16H2. The van der Waals surface area contributed by atoms with Gasteiger partial charge in [0.15, 0.2) is 5.82 Å². The van der Waals surface area contributed by atoms with Gasteiger partial charge in [-0.05, 0) is 18.9 Å². The van der Waals surface area contributed by atoms with Gasteiger partial charge in [-0.15, -0.1) is 0 Å². The van der Waals surface area contributed by atoms with Gasteiger partial charge in [0, 0.05) is 6.07 Å². The summed E-state index contributed by atoms with van der Waals surface area (Å²) in [4.78, 5) is 10.0. The molecule has 1 aromatic rings. The van der Waals surface area contributed by atoms with Crippen molar-refractivity contribution < 1.29 is 18.4 Å². The summed E-state index contributed by atoms with van der Waals surface area (Å²) in [7, 11) is 0. The smallest absolute Gasteiger partial charge is 0.314 e. The third kappa shape index (κ3) is 3.04. The summed E-state index contributed by atoms with van der Waals surface area (Å²) in [6.45, 7) is -0.0613. The Hall–Kier alpha value is -1.76. The van der Waals surface area contributed by atoms with Gasteiger partial charge in [-0.1, -0.05) is 19.3 Å². The van der Waals surface area contributed by atoms with Crippen LogP contribution in [0.4, 0.5) is 14.5 Å². The lowest BCUT2D eigenvalue weighted by Crippen LogP contribution is -2.47. The van der Waals surface area contributed by atoms with Gasteiger partial charge in [0.2, 0.25) is 11.6 Å². The number of rotatable bonds is 4. The van der Waals surface area contributed by atoms with Crippen molar-refractivity contribution in [3.8, 4) is 5.75 Å². The van der Waals surface area contributed by atoms with Crippen molar-refractivity contribution in [2.45, 2.75) is 37.6 Å². The Kier molecular flexibility index (Phi) is 4.17. The molecule has 1 saturated carbocycles. The predicted octanol–water partition coefficient (Wildman–Crippen LogP) is 2.91. The van der Waals surface area contributed by atoms with E-state index in [0.29, 0.717) is 18.9 Å². The zero-order chi connectivity index (χ0) is 14.8. The zero-order valence-electron chi connectivity index (χ0n) is 10.9. The van der Waals surface area contributed by atoms with Crippen molar-refractivity contribution in [3.05, 3.63) is 33.9 Å². The van der Waals surface area contributed by atoms with Crippen LogP contribution in [0.5, 0.6) is 5.75 Å². The molecule has 0 spiro atoms. The van der Waals surface area contributed by atoms with Crippen molar-refractivity contribution in [3.63, 3.8) is 0 Å². The summed E-state index contributed by atoms with van der Waals surface area (Å²) in [6, 6.07) is 1.59. The van der Waals surface area contributed by atoms with Crippen molar-refractivity contribution >= 4 is 5.69 Å². The Labute approximate surface area is 114 Å². The number of nitro benzene ring substituents is 1. The van der Waals surface area contributed by atoms with Crippen LogP contribution in [0.2, 0.25) is 0 Å². The molecule has 7 heteroatoms. The Morgan fingerprint density at radius 2 is 1.95 bits per heavy atom. The third-order valence-corrected chi connectivity index (χ3v) is 3.58. The highest BCUT2D eigenvalue weighted by atomic mass is 19.2. The maximum absolute atomic E-state index is 13.7. The fourth-order valence-electron chi connectivity index (χ4n) is 2.42. The Bertz CT molecular complexity index is 517. The minimum Gasteiger partial charge on any atom is -0.483 e. The molecule has 2 rings (SSSR count). The summed E-state index contributed by atoms with van der Waals surface area (Å²) in [6.07, 6.45) is 4.37.